The maximum atomic E-state index is 5.63. The van der Waals surface area contributed by atoms with Crippen molar-refractivity contribution in [3.05, 3.63) is 16.1 Å². The number of ether oxygens (including phenoxy) is 1. The SMILES string of the molecule is Cc1nc(CCNc2nc(N)nc(OC(C)C)n2)cs1. The highest BCUT2D eigenvalue weighted by molar-refractivity contribution is 7.09. The first-order valence-corrected chi connectivity index (χ1v) is 7.24. The van der Waals surface area contributed by atoms with E-state index in [9.17, 15) is 0 Å². The van der Waals surface area contributed by atoms with Crippen molar-refractivity contribution in [1.29, 1.82) is 0 Å². The average Bonchev–Trinajstić information content (AvgIpc) is 2.73. The molecule has 0 bridgehead atoms. The van der Waals surface area contributed by atoms with Gasteiger partial charge in [-0.1, -0.05) is 0 Å². The minimum atomic E-state index is -0.0115. The highest BCUT2D eigenvalue weighted by Crippen LogP contribution is 2.11. The lowest BCUT2D eigenvalue weighted by molar-refractivity contribution is 0.222. The number of nitrogens with zero attached hydrogens (tertiary/aromatic N) is 4. The van der Waals surface area contributed by atoms with Crippen molar-refractivity contribution >= 4 is 23.2 Å². The zero-order valence-electron chi connectivity index (χ0n) is 11.8. The predicted octanol–water partition coefficient (Wildman–Crippen LogP) is 1.66. The summed E-state index contributed by atoms with van der Waals surface area (Å²) in [7, 11) is 0. The molecule has 2 heterocycles. The Labute approximate surface area is 121 Å². The van der Waals surface area contributed by atoms with E-state index in [1.807, 2.05) is 26.2 Å². The maximum Gasteiger partial charge on any atom is 0.323 e. The van der Waals surface area contributed by atoms with E-state index in [-0.39, 0.29) is 18.1 Å². The first-order chi connectivity index (χ1) is 9.52. The van der Waals surface area contributed by atoms with Crippen LogP contribution in [0.2, 0.25) is 0 Å². The van der Waals surface area contributed by atoms with Crippen LogP contribution in [0.4, 0.5) is 11.9 Å². The van der Waals surface area contributed by atoms with Gasteiger partial charge < -0.3 is 15.8 Å². The Bertz CT molecular complexity index is 571. The molecule has 2 rings (SSSR count). The lowest BCUT2D eigenvalue weighted by Gasteiger charge is -2.09. The second kappa shape index (κ2) is 6.47. The summed E-state index contributed by atoms with van der Waals surface area (Å²) in [5.41, 5.74) is 6.68. The van der Waals surface area contributed by atoms with Crippen molar-refractivity contribution in [2.24, 2.45) is 0 Å². The van der Waals surface area contributed by atoms with Gasteiger partial charge >= 0.3 is 6.01 Å². The van der Waals surface area contributed by atoms with Gasteiger partial charge in [0.05, 0.1) is 16.8 Å². The van der Waals surface area contributed by atoms with Crippen molar-refractivity contribution in [2.45, 2.75) is 33.3 Å². The lowest BCUT2D eigenvalue weighted by atomic mass is 10.3. The van der Waals surface area contributed by atoms with Gasteiger partial charge in [0.2, 0.25) is 11.9 Å². The van der Waals surface area contributed by atoms with Crippen LogP contribution in [-0.4, -0.2) is 32.6 Å². The van der Waals surface area contributed by atoms with Gasteiger partial charge in [0.15, 0.2) is 0 Å². The maximum absolute atomic E-state index is 5.63. The van der Waals surface area contributed by atoms with E-state index in [0.717, 1.165) is 17.1 Å². The van der Waals surface area contributed by atoms with Gasteiger partial charge in [-0.15, -0.1) is 11.3 Å². The summed E-state index contributed by atoms with van der Waals surface area (Å²) in [4.78, 5) is 16.5. The van der Waals surface area contributed by atoms with E-state index in [4.69, 9.17) is 10.5 Å². The number of aryl methyl sites for hydroxylation is 1. The second-order valence-electron chi connectivity index (χ2n) is 4.50. The zero-order chi connectivity index (χ0) is 14.5. The smallest absolute Gasteiger partial charge is 0.323 e. The van der Waals surface area contributed by atoms with Crippen LogP contribution < -0.4 is 15.8 Å². The molecule has 2 aromatic rings. The normalized spacial score (nSPS) is 10.8. The number of rotatable bonds is 6. The molecule has 0 atom stereocenters. The molecule has 2 aromatic heterocycles. The van der Waals surface area contributed by atoms with E-state index in [1.165, 1.54) is 0 Å². The molecule has 0 saturated carbocycles. The Morgan fingerprint density at radius 2 is 2.10 bits per heavy atom. The third-order valence-corrected chi connectivity index (χ3v) is 3.13. The standard InChI is InChI=1S/C12H18N6OS/c1-7(2)19-12-17-10(13)16-11(18-12)14-5-4-9-6-20-8(3)15-9/h6-7H,4-5H2,1-3H3,(H3,13,14,16,17,18). The molecule has 0 aromatic carbocycles. The van der Waals surface area contributed by atoms with Crippen LogP contribution in [-0.2, 0) is 6.42 Å². The van der Waals surface area contributed by atoms with Crippen LogP contribution in [0.5, 0.6) is 6.01 Å². The average molecular weight is 294 g/mol. The molecule has 0 aliphatic rings. The van der Waals surface area contributed by atoms with Crippen LogP contribution in [0.1, 0.15) is 24.5 Å². The molecule has 8 heteroatoms. The fraction of sp³-hybridized carbons (Fsp3) is 0.500. The van der Waals surface area contributed by atoms with Crippen LogP contribution >= 0.6 is 11.3 Å². The Morgan fingerprint density at radius 1 is 1.30 bits per heavy atom. The topological polar surface area (TPSA) is 98.8 Å². The minimum Gasteiger partial charge on any atom is -0.461 e. The van der Waals surface area contributed by atoms with Gasteiger partial charge in [0.1, 0.15) is 0 Å². The van der Waals surface area contributed by atoms with Gasteiger partial charge in [-0.2, -0.15) is 15.0 Å². The Balaban J connectivity index is 1.93. The molecule has 108 valence electrons. The summed E-state index contributed by atoms with van der Waals surface area (Å²) >= 11 is 1.64. The van der Waals surface area contributed by atoms with Gasteiger partial charge in [-0.3, -0.25) is 0 Å². The summed E-state index contributed by atoms with van der Waals surface area (Å²) in [6.07, 6.45) is 0.790. The molecule has 0 aliphatic carbocycles. The first-order valence-electron chi connectivity index (χ1n) is 6.36. The Morgan fingerprint density at radius 3 is 2.75 bits per heavy atom. The molecule has 0 aliphatic heterocycles. The first kappa shape index (κ1) is 14.4. The summed E-state index contributed by atoms with van der Waals surface area (Å²) < 4.78 is 5.41. The van der Waals surface area contributed by atoms with Gasteiger partial charge in [-0.05, 0) is 20.8 Å². The summed E-state index contributed by atoms with van der Waals surface area (Å²) in [6.45, 7) is 6.47. The van der Waals surface area contributed by atoms with Crippen molar-refractivity contribution in [2.75, 3.05) is 17.6 Å². The Hall–Kier alpha value is -1.96. The molecular formula is C12H18N6OS. The fourth-order valence-electron chi connectivity index (χ4n) is 1.54. The fourth-order valence-corrected chi connectivity index (χ4v) is 2.19. The lowest BCUT2D eigenvalue weighted by Crippen LogP contribution is -2.14. The van der Waals surface area contributed by atoms with Gasteiger partial charge in [0, 0.05) is 18.3 Å². The van der Waals surface area contributed by atoms with E-state index in [1.54, 1.807) is 11.3 Å². The number of aromatic nitrogens is 4. The second-order valence-corrected chi connectivity index (χ2v) is 5.56. The molecule has 0 fully saturated rings. The number of nitrogen functional groups attached to an aromatic ring is 1. The summed E-state index contributed by atoms with van der Waals surface area (Å²) in [6, 6.07) is 0.236. The third-order valence-electron chi connectivity index (χ3n) is 2.30. The molecular weight excluding hydrogens is 276 g/mol. The number of thiazole rings is 1. The van der Waals surface area contributed by atoms with Crippen molar-refractivity contribution in [1.82, 2.24) is 19.9 Å². The molecule has 0 saturated heterocycles. The molecule has 20 heavy (non-hydrogen) atoms. The van der Waals surface area contributed by atoms with Crippen LogP contribution in [0.25, 0.3) is 0 Å². The number of nitrogens with one attached hydrogen (secondary N) is 1. The van der Waals surface area contributed by atoms with E-state index < -0.39 is 0 Å². The highest BCUT2D eigenvalue weighted by Gasteiger charge is 2.07. The summed E-state index contributed by atoms with van der Waals surface area (Å²) in [5.74, 6) is 0.558. The Kier molecular flexibility index (Phi) is 4.67. The molecule has 3 N–H and O–H groups in total. The van der Waals surface area contributed by atoms with Crippen LogP contribution in [0.15, 0.2) is 5.38 Å². The van der Waals surface area contributed by atoms with Crippen molar-refractivity contribution in [3.63, 3.8) is 0 Å². The number of hydrogen-bond donors (Lipinski definition) is 2. The number of nitrogens with two attached hydrogens (primary N) is 1. The molecule has 0 radical (unpaired) electrons. The van der Waals surface area contributed by atoms with Crippen molar-refractivity contribution < 1.29 is 4.74 Å². The van der Waals surface area contributed by atoms with E-state index in [0.29, 0.717) is 12.5 Å². The molecule has 0 unspecified atom stereocenters. The van der Waals surface area contributed by atoms with Crippen LogP contribution in [0, 0.1) is 6.92 Å². The third kappa shape index (κ3) is 4.30. The zero-order valence-corrected chi connectivity index (χ0v) is 12.6. The number of anilines is 2. The van der Waals surface area contributed by atoms with Gasteiger partial charge in [0.25, 0.3) is 0 Å². The largest absolute Gasteiger partial charge is 0.461 e. The monoisotopic (exact) mass is 294 g/mol. The highest BCUT2D eigenvalue weighted by atomic mass is 32.1. The van der Waals surface area contributed by atoms with E-state index >= 15 is 0 Å². The number of hydrogen-bond acceptors (Lipinski definition) is 8. The minimum absolute atomic E-state index is 0.0115. The molecule has 0 spiro atoms. The van der Waals surface area contributed by atoms with Crippen molar-refractivity contribution in [3.8, 4) is 6.01 Å². The predicted molar refractivity (Wildman–Crippen MR) is 79.0 cm³/mol. The molecule has 0 amide bonds. The molecule has 7 nitrogen and oxygen atoms in total. The quantitative estimate of drug-likeness (QED) is 0.835. The summed E-state index contributed by atoms with van der Waals surface area (Å²) in [5, 5.41) is 6.21. The van der Waals surface area contributed by atoms with Crippen LogP contribution in [0.3, 0.4) is 0 Å². The van der Waals surface area contributed by atoms with E-state index in [2.05, 4.69) is 25.3 Å². The van der Waals surface area contributed by atoms with Gasteiger partial charge in [-0.25, -0.2) is 4.98 Å².